The number of nitrogens with one attached hydrogen (secondary N) is 1. The van der Waals surface area contributed by atoms with Crippen molar-refractivity contribution in [3.63, 3.8) is 0 Å². The Kier molecular flexibility index (Phi) is 5.31. The van der Waals surface area contributed by atoms with E-state index in [2.05, 4.69) is 17.5 Å². The molecule has 2 aromatic rings. The van der Waals surface area contributed by atoms with Crippen molar-refractivity contribution < 1.29 is 23.1 Å². The Labute approximate surface area is 187 Å². The van der Waals surface area contributed by atoms with Gasteiger partial charge in [0, 0.05) is 24.7 Å². The lowest BCUT2D eigenvalue weighted by atomic mass is 9.76. The maximum absolute atomic E-state index is 13.0. The lowest BCUT2D eigenvalue weighted by Crippen LogP contribution is -2.40. The molecule has 8 heteroatoms. The van der Waals surface area contributed by atoms with Gasteiger partial charge >= 0.3 is 5.97 Å². The molecule has 2 aliphatic heterocycles. The van der Waals surface area contributed by atoms with Crippen LogP contribution in [-0.4, -0.2) is 50.1 Å². The van der Waals surface area contributed by atoms with E-state index in [1.54, 1.807) is 18.2 Å². The standard InChI is InChI=1S/C24H26N2O5S/c1-15-18(24(27)28)9-10-21-19-3-2-4-20(19)23(25-22(15)21)16-5-7-17(8-6-16)32(29,30)26-11-13-31-14-12-26/h2-3,5-10,19-20,23,25H,4,11-14H2,1H3,(H,27,28)/t19-,20-,23-/m1/s1. The highest BCUT2D eigenvalue weighted by atomic mass is 32.2. The summed E-state index contributed by atoms with van der Waals surface area (Å²) in [6.45, 7) is 3.40. The molecule has 1 fully saturated rings. The molecule has 2 heterocycles. The Morgan fingerprint density at radius 1 is 1.12 bits per heavy atom. The van der Waals surface area contributed by atoms with Crippen LogP contribution < -0.4 is 5.32 Å². The number of carboxylic acids is 1. The Bertz CT molecular complexity index is 1180. The average molecular weight is 455 g/mol. The van der Waals surface area contributed by atoms with Crippen LogP contribution in [0.15, 0.2) is 53.4 Å². The quantitative estimate of drug-likeness (QED) is 0.686. The van der Waals surface area contributed by atoms with Gasteiger partial charge < -0.3 is 15.2 Å². The molecular weight excluding hydrogens is 428 g/mol. The molecule has 32 heavy (non-hydrogen) atoms. The van der Waals surface area contributed by atoms with Gasteiger partial charge in [0.25, 0.3) is 0 Å². The fraction of sp³-hybridized carbons (Fsp3) is 0.375. The van der Waals surface area contributed by atoms with Gasteiger partial charge in [0.2, 0.25) is 10.0 Å². The molecular formula is C24H26N2O5S. The Morgan fingerprint density at radius 2 is 1.84 bits per heavy atom. The van der Waals surface area contributed by atoms with Crippen molar-refractivity contribution in [3.8, 4) is 0 Å². The number of hydrogen-bond acceptors (Lipinski definition) is 5. The van der Waals surface area contributed by atoms with Gasteiger partial charge in [0.05, 0.1) is 29.7 Å². The molecule has 1 saturated heterocycles. The van der Waals surface area contributed by atoms with Crippen molar-refractivity contribution in [2.24, 2.45) is 5.92 Å². The number of benzene rings is 2. The minimum atomic E-state index is -3.54. The van der Waals surface area contributed by atoms with Crippen LogP contribution in [0.25, 0.3) is 0 Å². The summed E-state index contributed by atoms with van der Waals surface area (Å²) in [6.07, 6.45) is 5.29. The summed E-state index contributed by atoms with van der Waals surface area (Å²) in [6, 6.07) is 10.7. The van der Waals surface area contributed by atoms with Gasteiger partial charge in [-0.25, -0.2) is 13.2 Å². The fourth-order valence-corrected chi connectivity index (χ4v) is 6.57. The van der Waals surface area contributed by atoms with E-state index < -0.39 is 16.0 Å². The molecule has 2 N–H and O–H groups in total. The topological polar surface area (TPSA) is 95.9 Å². The smallest absolute Gasteiger partial charge is 0.336 e. The van der Waals surface area contributed by atoms with Crippen molar-refractivity contribution in [1.29, 1.82) is 0 Å². The Hall–Kier alpha value is -2.68. The molecule has 5 rings (SSSR count). The summed E-state index contributed by atoms with van der Waals surface area (Å²) >= 11 is 0. The number of morpholine rings is 1. The third-order valence-corrected chi connectivity index (χ3v) is 8.79. The minimum Gasteiger partial charge on any atom is -0.478 e. The zero-order valence-corrected chi connectivity index (χ0v) is 18.6. The SMILES string of the molecule is Cc1c(C(=O)O)ccc2c1N[C@H](c1ccc(S(=O)(=O)N3CCOCC3)cc1)[C@@H]1CC=C[C@@H]21. The predicted octanol–water partition coefficient (Wildman–Crippen LogP) is 3.54. The number of nitrogens with zero attached hydrogens (tertiary/aromatic N) is 1. The van der Waals surface area contributed by atoms with E-state index in [1.807, 2.05) is 25.1 Å². The maximum Gasteiger partial charge on any atom is 0.336 e. The highest BCUT2D eigenvalue weighted by molar-refractivity contribution is 7.89. The van der Waals surface area contributed by atoms with Crippen LogP contribution in [0, 0.1) is 12.8 Å². The van der Waals surface area contributed by atoms with E-state index in [9.17, 15) is 18.3 Å². The van der Waals surface area contributed by atoms with Crippen molar-refractivity contribution >= 4 is 21.7 Å². The molecule has 0 spiro atoms. The summed E-state index contributed by atoms with van der Waals surface area (Å²) in [5.74, 6) is -0.445. The van der Waals surface area contributed by atoms with E-state index in [0.29, 0.717) is 37.8 Å². The Balaban J connectivity index is 1.48. The third kappa shape index (κ3) is 3.43. The number of carbonyl (C=O) groups is 1. The van der Waals surface area contributed by atoms with Gasteiger partial charge in [-0.2, -0.15) is 4.31 Å². The molecule has 1 aliphatic carbocycles. The van der Waals surface area contributed by atoms with Crippen molar-refractivity contribution in [3.05, 3.63) is 70.8 Å². The zero-order chi connectivity index (χ0) is 22.5. The average Bonchev–Trinajstić information content (AvgIpc) is 3.30. The van der Waals surface area contributed by atoms with Crippen molar-refractivity contribution in [1.82, 2.24) is 4.31 Å². The molecule has 0 amide bonds. The largest absolute Gasteiger partial charge is 0.478 e. The van der Waals surface area contributed by atoms with E-state index in [4.69, 9.17) is 4.74 Å². The summed E-state index contributed by atoms with van der Waals surface area (Å²) < 4.78 is 32.7. The molecule has 3 aliphatic rings. The number of aromatic carboxylic acids is 1. The monoisotopic (exact) mass is 454 g/mol. The molecule has 0 unspecified atom stereocenters. The second kappa shape index (κ2) is 8.03. The second-order valence-corrected chi connectivity index (χ2v) is 10.5. The zero-order valence-electron chi connectivity index (χ0n) is 17.8. The van der Waals surface area contributed by atoms with E-state index in [1.165, 1.54) is 4.31 Å². The minimum absolute atomic E-state index is 0.0367. The molecule has 7 nitrogen and oxygen atoms in total. The molecule has 2 aromatic carbocycles. The number of anilines is 1. The number of carboxylic acid groups (broad SMARTS) is 1. The van der Waals surface area contributed by atoms with Gasteiger partial charge in [-0.3, -0.25) is 0 Å². The van der Waals surface area contributed by atoms with E-state index >= 15 is 0 Å². The van der Waals surface area contributed by atoms with Crippen LogP contribution in [0.1, 0.15) is 45.4 Å². The first-order chi connectivity index (χ1) is 15.4. The lowest BCUT2D eigenvalue weighted by molar-refractivity contribution is 0.0696. The molecule has 0 radical (unpaired) electrons. The number of sulfonamides is 1. The molecule has 168 valence electrons. The van der Waals surface area contributed by atoms with Crippen LogP contribution in [0.4, 0.5) is 5.69 Å². The number of hydrogen-bond donors (Lipinski definition) is 2. The molecule has 3 atom stereocenters. The van der Waals surface area contributed by atoms with Gasteiger partial charge in [-0.1, -0.05) is 30.4 Å². The van der Waals surface area contributed by atoms with Crippen LogP contribution in [0.3, 0.4) is 0 Å². The predicted molar refractivity (Wildman–Crippen MR) is 121 cm³/mol. The summed E-state index contributed by atoms with van der Waals surface area (Å²) in [4.78, 5) is 11.9. The molecule has 0 saturated carbocycles. The first kappa shape index (κ1) is 21.2. The van der Waals surface area contributed by atoms with E-state index in [-0.39, 0.29) is 16.9 Å². The number of fused-ring (bicyclic) bond motifs is 3. The van der Waals surface area contributed by atoms with Crippen LogP contribution in [0.2, 0.25) is 0 Å². The van der Waals surface area contributed by atoms with Crippen LogP contribution in [0.5, 0.6) is 0 Å². The summed E-state index contributed by atoms with van der Waals surface area (Å²) in [7, 11) is -3.54. The number of allylic oxidation sites excluding steroid dienone is 2. The highest BCUT2D eigenvalue weighted by Crippen LogP contribution is 2.51. The summed E-state index contributed by atoms with van der Waals surface area (Å²) in [5.41, 5.74) is 4.00. The number of rotatable bonds is 4. The van der Waals surface area contributed by atoms with Crippen LogP contribution >= 0.6 is 0 Å². The van der Waals surface area contributed by atoms with Crippen molar-refractivity contribution in [2.75, 3.05) is 31.6 Å². The maximum atomic E-state index is 13.0. The first-order valence-electron chi connectivity index (χ1n) is 10.9. The van der Waals surface area contributed by atoms with Crippen LogP contribution in [-0.2, 0) is 14.8 Å². The second-order valence-electron chi connectivity index (χ2n) is 8.57. The first-order valence-corrected chi connectivity index (χ1v) is 12.3. The van der Waals surface area contributed by atoms with Gasteiger partial charge in [-0.15, -0.1) is 0 Å². The molecule has 0 bridgehead atoms. The van der Waals surface area contributed by atoms with Gasteiger partial charge in [-0.05, 0) is 54.2 Å². The van der Waals surface area contributed by atoms with E-state index in [0.717, 1.165) is 28.8 Å². The van der Waals surface area contributed by atoms with Crippen molar-refractivity contribution in [2.45, 2.75) is 30.2 Å². The lowest BCUT2D eigenvalue weighted by Gasteiger charge is -2.38. The normalized spacial score (nSPS) is 25.1. The van der Waals surface area contributed by atoms with Gasteiger partial charge in [0.15, 0.2) is 0 Å². The highest BCUT2D eigenvalue weighted by Gasteiger charge is 2.39. The Morgan fingerprint density at radius 3 is 2.53 bits per heavy atom. The summed E-state index contributed by atoms with van der Waals surface area (Å²) in [5, 5.41) is 13.1. The van der Waals surface area contributed by atoms with Gasteiger partial charge in [0.1, 0.15) is 0 Å². The molecule has 0 aromatic heterocycles. The number of ether oxygens (including phenoxy) is 1. The third-order valence-electron chi connectivity index (χ3n) is 6.87. The fourth-order valence-electron chi connectivity index (χ4n) is 5.16.